The first-order valence-corrected chi connectivity index (χ1v) is 11.6. The number of methoxy groups -OCH3 is 1. The fourth-order valence-corrected chi connectivity index (χ4v) is 4.00. The van der Waals surface area contributed by atoms with Gasteiger partial charge in [0.15, 0.2) is 11.5 Å². The molecular weight excluding hydrogens is 448 g/mol. The number of rotatable bonds is 9. The minimum absolute atomic E-state index is 0.00301. The third kappa shape index (κ3) is 5.59. The van der Waals surface area contributed by atoms with Crippen LogP contribution in [0.2, 0.25) is 0 Å². The van der Waals surface area contributed by atoms with Gasteiger partial charge < -0.3 is 29.5 Å². The van der Waals surface area contributed by atoms with Crippen LogP contribution in [-0.4, -0.2) is 72.6 Å². The minimum Gasteiger partial charge on any atom is -0.507 e. The quantitative estimate of drug-likeness (QED) is 0.319. The zero-order chi connectivity index (χ0) is 25.9. The van der Waals surface area contributed by atoms with E-state index in [9.17, 15) is 19.8 Å². The fourth-order valence-electron chi connectivity index (χ4n) is 4.00. The maximum absolute atomic E-state index is 13.2. The number of phenolic OH excluding ortho intramolecular Hbond substituents is 1. The second-order valence-electron chi connectivity index (χ2n) is 9.41. The monoisotopic (exact) mass is 482 g/mol. The molecule has 2 aromatic rings. The number of likely N-dealkylation sites (tertiary alicyclic amines) is 1. The molecule has 0 saturated carbocycles. The van der Waals surface area contributed by atoms with Gasteiger partial charge in [0.05, 0.1) is 25.3 Å². The Morgan fingerprint density at radius 3 is 2.43 bits per heavy atom. The highest BCUT2D eigenvalue weighted by Crippen LogP contribution is 2.42. The molecule has 0 spiro atoms. The van der Waals surface area contributed by atoms with Crippen molar-refractivity contribution in [1.82, 2.24) is 9.80 Å². The van der Waals surface area contributed by atoms with E-state index in [0.29, 0.717) is 35.9 Å². The number of aryl methyl sites for hydroxylation is 1. The lowest BCUT2D eigenvalue weighted by Gasteiger charge is -2.27. The zero-order valence-electron chi connectivity index (χ0n) is 21.2. The molecule has 0 radical (unpaired) electrons. The molecule has 1 atom stereocenters. The van der Waals surface area contributed by atoms with Crippen LogP contribution in [0.15, 0.2) is 42.0 Å². The number of carbonyl (C=O) groups excluding carboxylic acids is 2. The van der Waals surface area contributed by atoms with E-state index in [2.05, 4.69) is 13.8 Å². The molecule has 1 aliphatic heterocycles. The van der Waals surface area contributed by atoms with Crippen LogP contribution in [0.4, 0.5) is 0 Å². The summed E-state index contributed by atoms with van der Waals surface area (Å²) in [5.74, 6) is -0.483. The summed E-state index contributed by atoms with van der Waals surface area (Å²) < 4.78 is 11.1. The Hall–Kier alpha value is -3.52. The molecule has 8 nitrogen and oxygen atoms in total. The van der Waals surface area contributed by atoms with Crippen molar-refractivity contribution in [1.29, 1.82) is 0 Å². The number of carbonyl (C=O) groups is 2. The Labute approximate surface area is 206 Å². The minimum atomic E-state index is -0.832. The first-order valence-electron chi connectivity index (χ1n) is 11.6. The van der Waals surface area contributed by atoms with E-state index in [1.165, 1.54) is 18.1 Å². The average Bonchev–Trinajstić information content (AvgIpc) is 3.06. The summed E-state index contributed by atoms with van der Waals surface area (Å²) >= 11 is 0. The van der Waals surface area contributed by atoms with Gasteiger partial charge in [-0.2, -0.15) is 0 Å². The molecule has 35 heavy (non-hydrogen) atoms. The highest BCUT2D eigenvalue weighted by atomic mass is 16.5. The van der Waals surface area contributed by atoms with Crippen LogP contribution in [0, 0.1) is 12.8 Å². The molecule has 1 aliphatic rings. The van der Waals surface area contributed by atoms with Crippen molar-refractivity contribution < 1.29 is 29.3 Å². The first-order chi connectivity index (χ1) is 16.5. The van der Waals surface area contributed by atoms with Crippen molar-refractivity contribution in [3.63, 3.8) is 0 Å². The molecule has 2 aromatic carbocycles. The van der Waals surface area contributed by atoms with E-state index in [1.807, 2.05) is 25.9 Å². The summed E-state index contributed by atoms with van der Waals surface area (Å²) in [5, 5.41) is 21.4. The van der Waals surface area contributed by atoms with Crippen LogP contribution in [0.25, 0.3) is 5.76 Å². The van der Waals surface area contributed by atoms with E-state index in [-0.39, 0.29) is 29.4 Å². The smallest absolute Gasteiger partial charge is 0.295 e. The summed E-state index contributed by atoms with van der Waals surface area (Å²) in [6.45, 7) is 7.35. The Morgan fingerprint density at radius 2 is 1.83 bits per heavy atom. The van der Waals surface area contributed by atoms with Gasteiger partial charge in [-0.05, 0) is 68.4 Å². The zero-order valence-corrected chi connectivity index (χ0v) is 21.2. The lowest BCUT2D eigenvalue weighted by Crippen LogP contribution is -2.35. The fraction of sp³-hybridized carbons (Fsp3) is 0.407. The largest absolute Gasteiger partial charge is 0.507 e. The number of phenols is 1. The van der Waals surface area contributed by atoms with E-state index < -0.39 is 17.7 Å². The summed E-state index contributed by atoms with van der Waals surface area (Å²) in [6.07, 6.45) is 0. The number of benzene rings is 2. The topological polar surface area (TPSA) is 99.5 Å². The second kappa shape index (κ2) is 10.8. The summed E-state index contributed by atoms with van der Waals surface area (Å²) in [5.41, 5.74) is 1.77. The number of hydrogen-bond donors (Lipinski definition) is 2. The van der Waals surface area contributed by atoms with E-state index >= 15 is 0 Å². The van der Waals surface area contributed by atoms with E-state index in [1.54, 1.807) is 30.3 Å². The van der Waals surface area contributed by atoms with Gasteiger partial charge in [0.1, 0.15) is 11.5 Å². The molecule has 1 saturated heterocycles. The number of aromatic hydroxyl groups is 1. The van der Waals surface area contributed by atoms with Gasteiger partial charge in [0, 0.05) is 18.7 Å². The molecule has 1 heterocycles. The number of amides is 1. The molecule has 3 rings (SSSR count). The number of ketones is 1. The highest BCUT2D eigenvalue weighted by Gasteiger charge is 2.46. The number of Topliss-reactive ketones (excluding diaryl/α,β-unsaturated/α-hetero) is 1. The Balaban J connectivity index is 2.11. The number of aliphatic hydroxyl groups excluding tert-OH is 1. The van der Waals surface area contributed by atoms with Crippen molar-refractivity contribution in [2.45, 2.75) is 26.8 Å². The van der Waals surface area contributed by atoms with E-state index in [4.69, 9.17) is 9.47 Å². The molecule has 0 aromatic heterocycles. The standard InChI is InChI=1S/C27H34N2O6/c1-16(2)15-35-21-10-8-19(13-17(21)3)25(31)23-24(18-7-9-20(30)22(14-18)34-6)29(12-11-28(4)5)27(33)26(23)32/h7-10,13-14,16,24,30-31H,11-12,15H2,1-6H3/b25-23+/t24-/m0/s1. The van der Waals surface area contributed by atoms with Crippen LogP contribution >= 0.6 is 0 Å². The molecular formula is C27H34N2O6. The molecule has 1 amide bonds. The summed E-state index contributed by atoms with van der Waals surface area (Å²) in [4.78, 5) is 29.6. The Kier molecular flexibility index (Phi) is 8.07. The van der Waals surface area contributed by atoms with Gasteiger partial charge in [-0.3, -0.25) is 9.59 Å². The lowest BCUT2D eigenvalue weighted by molar-refractivity contribution is -0.140. The van der Waals surface area contributed by atoms with Gasteiger partial charge >= 0.3 is 0 Å². The first kappa shape index (κ1) is 26.1. The van der Waals surface area contributed by atoms with Crippen LogP contribution in [-0.2, 0) is 9.59 Å². The van der Waals surface area contributed by atoms with Gasteiger partial charge in [0.25, 0.3) is 11.7 Å². The average molecular weight is 483 g/mol. The molecule has 0 unspecified atom stereocenters. The van der Waals surface area contributed by atoms with Crippen LogP contribution < -0.4 is 9.47 Å². The predicted molar refractivity (Wildman–Crippen MR) is 134 cm³/mol. The van der Waals surface area contributed by atoms with Crippen molar-refractivity contribution in [3.8, 4) is 17.2 Å². The van der Waals surface area contributed by atoms with Crippen molar-refractivity contribution in [2.24, 2.45) is 5.92 Å². The second-order valence-corrected chi connectivity index (χ2v) is 9.41. The van der Waals surface area contributed by atoms with Gasteiger partial charge in [-0.25, -0.2) is 0 Å². The van der Waals surface area contributed by atoms with Gasteiger partial charge in [-0.1, -0.05) is 19.9 Å². The predicted octanol–water partition coefficient (Wildman–Crippen LogP) is 3.73. The maximum atomic E-state index is 13.2. The molecule has 2 N–H and O–H groups in total. The third-order valence-electron chi connectivity index (χ3n) is 5.87. The van der Waals surface area contributed by atoms with Gasteiger partial charge in [-0.15, -0.1) is 0 Å². The summed E-state index contributed by atoms with van der Waals surface area (Å²) in [6, 6.07) is 9.00. The van der Waals surface area contributed by atoms with E-state index in [0.717, 1.165) is 5.56 Å². The normalized spacial score (nSPS) is 17.5. The molecule has 8 heteroatoms. The number of aliphatic hydroxyl groups is 1. The van der Waals surface area contributed by atoms with Crippen LogP contribution in [0.3, 0.4) is 0 Å². The van der Waals surface area contributed by atoms with Crippen LogP contribution in [0.5, 0.6) is 17.2 Å². The lowest BCUT2D eigenvalue weighted by atomic mass is 9.94. The molecule has 0 aliphatic carbocycles. The number of hydrogen-bond acceptors (Lipinski definition) is 7. The summed E-state index contributed by atoms with van der Waals surface area (Å²) in [7, 11) is 5.18. The van der Waals surface area contributed by atoms with Gasteiger partial charge in [0.2, 0.25) is 0 Å². The Bertz CT molecular complexity index is 1140. The van der Waals surface area contributed by atoms with Crippen molar-refractivity contribution in [3.05, 3.63) is 58.7 Å². The number of ether oxygens (including phenoxy) is 2. The Morgan fingerprint density at radius 1 is 1.11 bits per heavy atom. The van der Waals surface area contributed by atoms with Crippen molar-refractivity contribution in [2.75, 3.05) is 40.9 Å². The third-order valence-corrected chi connectivity index (χ3v) is 5.87. The highest BCUT2D eigenvalue weighted by molar-refractivity contribution is 6.46. The van der Waals surface area contributed by atoms with Crippen molar-refractivity contribution >= 4 is 17.4 Å². The number of likely N-dealkylation sites (N-methyl/N-ethyl adjacent to an activating group) is 1. The van der Waals surface area contributed by atoms with Crippen LogP contribution in [0.1, 0.15) is 36.6 Å². The number of nitrogens with zero attached hydrogens (tertiary/aromatic N) is 2. The maximum Gasteiger partial charge on any atom is 0.295 e. The molecule has 188 valence electrons. The molecule has 1 fully saturated rings. The molecule has 0 bridgehead atoms. The SMILES string of the molecule is COc1cc([C@H]2/C(=C(\O)c3ccc(OCC(C)C)c(C)c3)C(=O)C(=O)N2CCN(C)C)ccc1O.